The molecule has 0 N–H and O–H groups in total. The minimum Gasteiger partial charge on any atom is -0.235 e. The van der Waals surface area contributed by atoms with Crippen LogP contribution in [0.5, 0.6) is 0 Å². The molecule has 1 nitrogen and oxygen atoms in total. The zero-order chi connectivity index (χ0) is 14.7. The molecule has 2 heterocycles. The van der Waals surface area contributed by atoms with Crippen molar-refractivity contribution in [2.24, 2.45) is 0 Å². The van der Waals surface area contributed by atoms with Gasteiger partial charge in [0.25, 0.3) is 0 Å². The maximum atomic E-state index is 6.54. The van der Waals surface area contributed by atoms with Crippen LogP contribution in [-0.2, 0) is 0 Å². The van der Waals surface area contributed by atoms with Gasteiger partial charge in [0.1, 0.15) is 5.15 Å². The molecule has 22 heavy (non-hydrogen) atoms. The highest BCUT2D eigenvalue weighted by atomic mass is 35.5. The van der Waals surface area contributed by atoms with Crippen molar-refractivity contribution in [2.75, 3.05) is 0 Å². The van der Waals surface area contributed by atoms with E-state index in [4.69, 9.17) is 11.6 Å². The molecule has 0 radical (unpaired) electrons. The molecule has 0 amide bonds. The van der Waals surface area contributed by atoms with Crippen LogP contribution in [0.4, 0.5) is 0 Å². The lowest BCUT2D eigenvalue weighted by Crippen LogP contribution is -1.84. The Morgan fingerprint density at radius 1 is 0.727 bits per heavy atom. The molecule has 0 spiro atoms. The van der Waals surface area contributed by atoms with E-state index in [-0.39, 0.29) is 0 Å². The summed E-state index contributed by atoms with van der Waals surface area (Å²) < 4.78 is 2.51. The van der Waals surface area contributed by atoms with Gasteiger partial charge in [0.15, 0.2) is 0 Å². The quantitative estimate of drug-likeness (QED) is 0.237. The number of fused-ring (bicyclic) bond motifs is 7. The first-order valence-electron chi connectivity index (χ1n) is 7.11. The second-order valence-electron chi connectivity index (χ2n) is 5.38. The Bertz CT molecular complexity index is 1190. The number of thiophene rings is 1. The number of pyridine rings is 1. The van der Waals surface area contributed by atoms with Gasteiger partial charge in [0.05, 0.1) is 5.52 Å². The molecule has 3 heteroatoms. The zero-order valence-corrected chi connectivity index (χ0v) is 13.1. The van der Waals surface area contributed by atoms with Crippen LogP contribution in [0.1, 0.15) is 0 Å². The minimum atomic E-state index is 0.589. The Balaban J connectivity index is 2.11. The van der Waals surface area contributed by atoms with E-state index in [9.17, 15) is 0 Å². The largest absolute Gasteiger partial charge is 0.235 e. The molecule has 104 valence electrons. The fourth-order valence-electron chi connectivity index (χ4n) is 3.18. The van der Waals surface area contributed by atoms with Gasteiger partial charge in [-0.3, -0.25) is 0 Å². The predicted octanol–water partition coefficient (Wildman–Crippen LogP) is 6.41. The van der Waals surface area contributed by atoms with Gasteiger partial charge >= 0.3 is 0 Å². The number of rotatable bonds is 0. The predicted molar refractivity (Wildman–Crippen MR) is 97.1 cm³/mol. The maximum Gasteiger partial charge on any atom is 0.139 e. The van der Waals surface area contributed by atoms with Crippen LogP contribution < -0.4 is 0 Å². The van der Waals surface area contributed by atoms with Crippen LogP contribution in [-0.4, -0.2) is 4.98 Å². The third-order valence-corrected chi connectivity index (χ3v) is 5.64. The number of aromatic nitrogens is 1. The molecule has 0 aliphatic heterocycles. The Kier molecular flexibility index (Phi) is 2.49. The first-order chi connectivity index (χ1) is 10.8. The van der Waals surface area contributed by atoms with E-state index < -0.39 is 0 Å². The lowest BCUT2D eigenvalue weighted by molar-refractivity contribution is 1.45. The van der Waals surface area contributed by atoms with Gasteiger partial charge in [-0.25, -0.2) is 4.98 Å². The average Bonchev–Trinajstić information content (AvgIpc) is 2.93. The van der Waals surface area contributed by atoms with E-state index in [1.165, 1.54) is 25.6 Å². The Morgan fingerprint density at radius 3 is 2.36 bits per heavy atom. The van der Waals surface area contributed by atoms with Crippen LogP contribution in [0.25, 0.3) is 41.8 Å². The van der Waals surface area contributed by atoms with E-state index in [2.05, 4.69) is 47.4 Å². The van der Waals surface area contributed by atoms with Gasteiger partial charge in [-0.15, -0.1) is 11.3 Å². The van der Waals surface area contributed by atoms with Gasteiger partial charge in [0, 0.05) is 30.9 Å². The first-order valence-corrected chi connectivity index (χ1v) is 8.30. The average molecular weight is 320 g/mol. The van der Waals surface area contributed by atoms with Crippen molar-refractivity contribution in [3.05, 3.63) is 65.8 Å². The summed E-state index contributed by atoms with van der Waals surface area (Å²) in [6.45, 7) is 0. The summed E-state index contributed by atoms with van der Waals surface area (Å²) in [4.78, 5) is 4.60. The van der Waals surface area contributed by atoms with Crippen LogP contribution in [0.2, 0.25) is 5.15 Å². The molecule has 2 aromatic heterocycles. The van der Waals surface area contributed by atoms with Crippen molar-refractivity contribution in [3.63, 3.8) is 0 Å². The topological polar surface area (TPSA) is 12.9 Å². The molecular weight excluding hydrogens is 310 g/mol. The van der Waals surface area contributed by atoms with E-state index >= 15 is 0 Å². The van der Waals surface area contributed by atoms with Gasteiger partial charge in [-0.05, 0) is 17.5 Å². The normalized spacial score (nSPS) is 11.9. The molecule has 0 bridgehead atoms. The summed E-state index contributed by atoms with van der Waals surface area (Å²) in [5.41, 5.74) is 0.945. The van der Waals surface area contributed by atoms with Crippen LogP contribution in [0.3, 0.4) is 0 Å². The van der Waals surface area contributed by atoms with E-state index in [1.807, 2.05) is 18.2 Å². The number of benzene rings is 3. The minimum absolute atomic E-state index is 0.589. The smallest absolute Gasteiger partial charge is 0.139 e. The number of halogens is 1. The van der Waals surface area contributed by atoms with Crippen molar-refractivity contribution in [2.45, 2.75) is 0 Å². The SMILES string of the molecule is Clc1nc2ccccc2c2ccc3c4ccccc4sc3c12. The van der Waals surface area contributed by atoms with Crippen molar-refractivity contribution in [3.8, 4) is 0 Å². The summed E-state index contributed by atoms with van der Waals surface area (Å²) in [6.07, 6.45) is 0. The van der Waals surface area contributed by atoms with Gasteiger partial charge < -0.3 is 0 Å². The summed E-state index contributed by atoms with van der Waals surface area (Å²) in [5, 5.41) is 6.53. The molecule has 0 saturated carbocycles. The van der Waals surface area contributed by atoms with Crippen LogP contribution in [0.15, 0.2) is 60.7 Å². The zero-order valence-electron chi connectivity index (χ0n) is 11.5. The molecule has 0 aliphatic carbocycles. The Morgan fingerprint density at radius 2 is 1.45 bits per heavy atom. The molecule has 0 saturated heterocycles. The molecule has 5 aromatic rings. The highest BCUT2D eigenvalue weighted by Gasteiger charge is 2.13. The molecule has 5 rings (SSSR count). The van der Waals surface area contributed by atoms with Crippen molar-refractivity contribution in [1.29, 1.82) is 0 Å². The number of nitrogens with zero attached hydrogens (tertiary/aromatic N) is 1. The summed E-state index contributed by atoms with van der Waals surface area (Å²) in [6, 6.07) is 21.0. The van der Waals surface area contributed by atoms with E-state index in [0.29, 0.717) is 5.15 Å². The fraction of sp³-hybridized carbons (Fsp3) is 0. The maximum absolute atomic E-state index is 6.54. The molecule has 3 aromatic carbocycles. The monoisotopic (exact) mass is 319 g/mol. The second kappa shape index (κ2) is 4.42. The van der Waals surface area contributed by atoms with Crippen LogP contribution in [0, 0.1) is 0 Å². The summed E-state index contributed by atoms with van der Waals surface area (Å²) >= 11 is 8.33. The molecule has 0 fully saturated rings. The van der Waals surface area contributed by atoms with E-state index in [1.54, 1.807) is 11.3 Å². The number of hydrogen-bond acceptors (Lipinski definition) is 2. The Hall–Kier alpha value is -2.16. The first kappa shape index (κ1) is 12.4. The highest BCUT2D eigenvalue weighted by Crippen LogP contribution is 2.41. The fourth-order valence-corrected chi connectivity index (χ4v) is 4.77. The van der Waals surface area contributed by atoms with Gasteiger partial charge in [-0.2, -0.15) is 0 Å². The second-order valence-corrected chi connectivity index (χ2v) is 6.79. The third-order valence-electron chi connectivity index (χ3n) is 4.17. The third kappa shape index (κ3) is 1.57. The molecule has 0 atom stereocenters. The van der Waals surface area contributed by atoms with Gasteiger partial charge in [-0.1, -0.05) is 60.1 Å². The lowest BCUT2D eigenvalue weighted by Gasteiger charge is -2.06. The summed E-state index contributed by atoms with van der Waals surface area (Å²) in [7, 11) is 0. The van der Waals surface area contributed by atoms with Crippen molar-refractivity contribution in [1.82, 2.24) is 4.98 Å². The molecule has 0 aliphatic rings. The van der Waals surface area contributed by atoms with E-state index in [0.717, 1.165) is 16.3 Å². The van der Waals surface area contributed by atoms with Crippen molar-refractivity contribution < 1.29 is 0 Å². The Labute approximate surface area is 135 Å². The number of para-hydroxylation sites is 1. The molecule has 0 unspecified atom stereocenters. The number of hydrogen-bond donors (Lipinski definition) is 0. The highest BCUT2D eigenvalue weighted by molar-refractivity contribution is 7.26. The van der Waals surface area contributed by atoms with Gasteiger partial charge in [0.2, 0.25) is 0 Å². The van der Waals surface area contributed by atoms with Crippen molar-refractivity contribution >= 4 is 64.8 Å². The summed E-state index contributed by atoms with van der Waals surface area (Å²) in [5.74, 6) is 0. The molecular formula is C19H10ClNS. The standard InChI is InChI=1S/C19H10ClNS/c20-19-17-13(11-5-1-3-7-15(11)21-19)9-10-14-12-6-2-4-8-16(12)22-18(14)17/h1-10H. The van der Waals surface area contributed by atoms with Crippen LogP contribution >= 0.6 is 22.9 Å². The lowest BCUT2D eigenvalue weighted by atomic mass is 10.0.